The van der Waals surface area contributed by atoms with Crippen LogP contribution in [0.25, 0.3) is 0 Å². The van der Waals surface area contributed by atoms with Crippen molar-refractivity contribution < 1.29 is 18.4 Å². The van der Waals surface area contributed by atoms with Crippen molar-refractivity contribution in [1.29, 1.82) is 0 Å². The topological polar surface area (TPSA) is 58.2 Å². The van der Waals surface area contributed by atoms with Gasteiger partial charge in [-0.15, -0.1) is 0 Å². The molecule has 2 aromatic carbocycles. The summed E-state index contributed by atoms with van der Waals surface area (Å²) in [6.45, 7) is -0.284. The van der Waals surface area contributed by atoms with Gasteiger partial charge in [-0.1, -0.05) is 15.9 Å². The van der Waals surface area contributed by atoms with Gasteiger partial charge in [0.25, 0.3) is 5.91 Å². The lowest BCUT2D eigenvalue weighted by Gasteiger charge is -2.07. The maximum atomic E-state index is 13.0. The smallest absolute Gasteiger partial charge is 0.251 e. The molecule has 2 N–H and O–H groups in total. The molecule has 0 bridgehead atoms. The van der Waals surface area contributed by atoms with E-state index in [1.807, 2.05) is 0 Å². The van der Waals surface area contributed by atoms with Gasteiger partial charge in [0.15, 0.2) is 11.6 Å². The van der Waals surface area contributed by atoms with E-state index in [-0.39, 0.29) is 12.2 Å². The zero-order valence-electron chi connectivity index (χ0n) is 11.2. The van der Waals surface area contributed by atoms with Gasteiger partial charge in [0, 0.05) is 21.8 Å². The van der Waals surface area contributed by atoms with Crippen molar-refractivity contribution >= 4 is 33.4 Å². The normalized spacial score (nSPS) is 10.1. The van der Waals surface area contributed by atoms with Crippen LogP contribution in [0.2, 0.25) is 0 Å². The zero-order chi connectivity index (χ0) is 16.1. The second-order valence-electron chi connectivity index (χ2n) is 4.37. The predicted molar refractivity (Wildman–Crippen MR) is 81.5 cm³/mol. The summed E-state index contributed by atoms with van der Waals surface area (Å²) in [5.41, 5.74) is 0.519. The molecule has 0 radical (unpaired) electrons. The van der Waals surface area contributed by atoms with Crippen molar-refractivity contribution in [2.45, 2.75) is 0 Å². The fraction of sp³-hybridized carbons (Fsp3) is 0.0667. The van der Waals surface area contributed by atoms with Crippen LogP contribution in [-0.4, -0.2) is 18.4 Å². The Morgan fingerprint density at radius 1 is 1.00 bits per heavy atom. The van der Waals surface area contributed by atoms with E-state index >= 15 is 0 Å². The van der Waals surface area contributed by atoms with Gasteiger partial charge < -0.3 is 10.6 Å². The highest BCUT2D eigenvalue weighted by atomic mass is 79.9. The number of halogens is 3. The molecule has 0 aliphatic rings. The van der Waals surface area contributed by atoms with E-state index < -0.39 is 23.4 Å². The van der Waals surface area contributed by atoms with E-state index in [0.717, 1.165) is 16.6 Å². The van der Waals surface area contributed by atoms with Gasteiger partial charge >= 0.3 is 0 Å². The second kappa shape index (κ2) is 7.13. The van der Waals surface area contributed by atoms with Crippen LogP contribution < -0.4 is 10.6 Å². The molecule has 0 unspecified atom stereocenters. The summed E-state index contributed by atoms with van der Waals surface area (Å²) < 4.78 is 26.6. The first kappa shape index (κ1) is 16.1. The molecule has 2 rings (SSSR count). The van der Waals surface area contributed by atoms with Crippen LogP contribution in [-0.2, 0) is 4.79 Å². The zero-order valence-corrected chi connectivity index (χ0v) is 12.8. The fourth-order valence-corrected chi connectivity index (χ4v) is 1.91. The maximum absolute atomic E-state index is 13.0. The molecule has 2 amide bonds. The Balaban J connectivity index is 1.88. The average molecular weight is 369 g/mol. The summed E-state index contributed by atoms with van der Waals surface area (Å²) >= 11 is 3.25. The average Bonchev–Trinajstić information content (AvgIpc) is 2.49. The molecule has 0 aliphatic heterocycles. The first-order chi connectivity index (χ1) is 10.5. The first-order valence-corrected chi connectivity index (χ1v) is 7.03. The Labute approximate surface area is 133 Å². The molecule has 0 saturated carbocycles. The number of carbonyl (C=O) groups is 2. The molecular formula is C15H11BrF2N2O2. The summed E-state index contributed by atoms with van der Waals surface area (Å²) in [4.78, 5) is 23.4. The highest BCUT2D eigenvalue weighted by Gasteiger charge is 2.09. The summed E-state index contributed by atoms with van der Waals surface area (Å²) in [5.74, 6) is -3.01. The molecule has 0 atom stereocenters. The lowest BCUT2D eigenvalue weighted by molar-refractivity contribution is -0.115. The number of rotatable bonds is 4. The molecule has 0 aromatic heterocycles. The number of amides is 2. The van der Waals surface area contributed by atoms with E-state index in [9.17, 15) is 18.4 Å². The molecule has 0 spiro atoms. The summed E-state index contributed by atoms with van der Waals surface area (Å²) in [6, 6.07) is 9.62. The third kappa shape index (κ3) is 4.36. The number of anilines is 1. The number of carbonyl (C=O) groups excluding carboxylic acids is 2. The monoisotopic (exact) mass is 368 g/mol. The van der Waals surface area contributed by atoms with E-state index in [4.69, 9.17) is 0 Å². The molecular weight excluding hydrogens is 358 g/mol. The molecule has 4 nitrogen and oxygen atoms in total. The van der Waals surface area contributed by atoms with Crippen LogP contribution >= 0.6 is 15.9 Å². The fourth-order valence-electron chi connectivity index (χ4n) is 1.64. The summed E-state index contributed by atoms with van der Waals surface area (Å²) in [7, 11) is 0. The molecule has 0 heterocycles. The van der Waals surface area contributed by atoms with Crippen LogP contribution in [0.3, 0.4) is 0 Å². The minimum Gasteiger partial charge on any atom is -0.343 e. The third-order valence-electron chi connectivity index (χ3n) is 2.72. The van der Waals surface area contributed by atoms with Crippen molar-refractivity contribution in [2.24, 2.45) is 0 Å². The summed E-state index contributed by atoms with van der Waals surface area (Å²) in [6.07, 6.45) is 0. The van der Waals surface area contributed by atoms with Crippen LogP contribution in [0.1, 0.15) is 10.4 Å². The standard InChI is InChI=1S/C15H11BrF2N2O2/c16-10-3-1-9(2-4-10)15(22)19-8-14(21)20-11-5-6-12(17)13(18)7-11/h1-7H,8H2,(H,19,22)(H,20,21). The van der Waals surface area contributed by atoms with Gasteiger partial charge in [-0.3, -0.25) is 9.59 Å². The third-order valence-corrected chi connectivity index (χ3v) is 3.25. The minimum atomic E-state index is -1.06. The Hall–Kier alpha value is -2.28. The van der Waals surface area contributed by atoms with E-state index in [1.165, 1.54) is 6.07 Å². The highest BCUT2D eigenvalue weighted by Crippen LogP contribution is 2.13. The number of nitrogens with one attached hydrogen (secondary N) is 2. The number of hydrogen-bond acceptors (Lipinski definition) is 2. The SMILES string of the molecule is O=C(CNC(=O)c1ccc(Br)cc1)Nc1ccc(F)c(F)c1. The highest BCUT2D eigenvalue weighted by molar-refractivity contribution is 9.10. The Morgan fingerprint density at radius 3 is 2.32 bits per heavy atom. The van der Waals surface area contributed by atoms with Gasteiger partial charge in [0.05, 0.1) is 6.54 Å². The predicted octanol–water partition coefficient (Wildman–Crippen LogP) is 3.10. The summed E-state index contributed by atoms with van der Waals surface area (Å²) in [5, 5.41) is 4.79. The van der Waals surface area contributed by atoms with Crippen molar-refractivity contribution in [3.63, 3.8) is 0 Å². The second-order valence-corrected chi connectivity index (χ2v) is 5.28. The van der Waals surface area contributed by atoms with Crippen molar-refractivity contribution in [3.8, 4) is 0 Å². The molecule has 0 fully saturated rings. The van der Waals surface area contributed by atoms with Gasteiger partial charge in [0.2, 0.25) is 5.91 Å². The Kier molecular flexibility index (Phi) is 5.21. The van der Waals surface area contributed by atoms with E-state index in [2.05, 4.69) is 26.6 Å². The van der Waals surface area contributed by atoms with Gasteiger partial charge in [0.1, 0.15) is 0 Å². The quantitative estimate of drug-likeness (QED) is 0.870. The number of hydrogen-bond donors (Lipinski definition) is 2. The molecule has 0 saturated heterocycles. The van der Waals surface area contributed by atoms with E-state index in [1.54, 1.807) is 24.3 Å². The lowest BCUT2D eigenvalue weighted by atomic mass is 10.2. The maximum Gasteiger partial charge on any atom is 0.251 e. The Morgan fingerprint density at radius 2 is 1.68 bits per heavy atom. The van der Waals surface area contributed by atoms with Gasteiger partial charge in [-0.2, -0.15) is 0 Å². The van der Waals surface area contributed by atoms with Crippen molar-refractivity contribution in [1.82, 2.24) is 5.32 Å². The van der Waals surface area contributed by atoms with Crippen LogP contribution in [0, 0.1) is 11.6 Å². The molecule has 0 aliphatic carbocycles. The van der Waals surface area contributed by atoms with Gasteiger partial charge in [-0.25, -0.2) is 8.78 Å². The van der Waals surface area contributed by atoms with Crippen LogP contribution in [0.15, 0.2) is 46.9 Å². The van der Waals surface area contributed by atoms with E-state index in [0.29, 0.717) is 5.56 Å². The largest absolute Gasteiger partial charge is 0.343 e. The lowest BCUT2D eigenvalue weighted by Crippen LogP contribution is -2.32. The molecule has 7 heteroatoms. The Bertz CT molecular complexity index is 705. The molecule has 114 valence electrons. The number of benzene rings is 2. The van der Waals surface area contributed by atoms with Crippen molar-refractivity contribution in [3.05, 3.63) is 64.1 Å². The minimum absolute atomic E-state index is 0.113. The van der Waals surface area contributed by atoms with Crippen molar-refractivity contribution in [2.75, 3.05) is 11.9 Å². The molecule has 2 aromatic rings. The van der Waals surface area contributed by atoms with Crippen LogP contribution in [0.5, 0.6) is 0 Å². The van der Waals surface area contributed by atoms with Gasteiger partial charge in [-0.05, 0) is 36.4 Å². The first-order valence-electron chi connectivity index (χ1n) is 6.24. The molecule has 22 heavy (non-hydrogen) atoms. The van der Waals surface area contributed by atoms with Crippen LogP contribution in [0.4, 0.5) is 14.5 Å².